The van der Waals surface area contributed by atoms with Crippen LogP contribution in [0.5, 0.6) is 0 Å². The van der Waals surface area contributed by atoms with Gasteiger partial charge in [-0.1, -0.05) is 7.43 Å². The third kappa shape index (κ3) is 8.42. The van der Waals surface area contributed by atoms with E-state index in [0.717, 1.165) is 0 Å². The number of ether oxygens (including phenoxy) is 3. The summed E-state index contributed by atoms with van der Waals surface area (Å²) in [5.74, 6) is 0. The second kappa shape index (κ2) is 8.73. The van der Waals surface area contributed by atoms with E-state index in [1.165, 1.54) is 0 Å². The predicted molar refractivity (Wildman–Crippen MR) is 58.2 cm³/mol. The van der Waals surface area contributed by atoms with Crippen LogP contribution in [0.2, 0.25) is 0 Å². The lowest BCUT2D eigenvalue weighted by Crippen LogP contribution is -2.13. The summed E-state index contributed by atoms with van der Waals surface area (Å²) in [5, 5.41) is 0. The van der Waals surface area contributed by atoms with Crippen molar-refractivity contribution in [3.63, 3.8) is 0 Å². The summed E-state index contributed by atoms with van der Waals surface area (Å²) in [5.41, 5.74) is 0. The molecule has 2 aliphatic heterocycles. The Hall–Kier alpha value is -1.39. The molecule has 4 unspecified atom stereocenters. The van der Waals surface area contributed by atoms with E-state index in [2.05, 4.69) is 23.3 Å². The Bertz CT molecular complexity index is 241. The minimum absolute atomic E-state index is 0. The van der Waals surface area contributed by atoms with Crippen LogP contribution >= 0.6 is 0 Å². The standard InChI is InChI=1S/C5H8O3.C4H8O.CO2.CH4/c1-3-4(2)8-5(6)7-3;1-3-4(2)5-3;2-1-3;/h3-4H,1-2H3;3-4H,1-2H3;;1H4. The molecule has 0 aliphatic carbocycles. The molecule has 17 heavy (non-hydrogen) atoms. The van der Waals surface area contributed by atoms with Crippen molar-refractivity contribution in [1.82, 2.24) is 0 Å². The first-order valence-corrected chi connectivity index (χ1v) is 4.94. The van der Waals surface area contributed by atoms with Crippen molar-refractivity contribution in [3.05, 3.63) is 0 Å². The summed E-state index contributed by atoms with van der Waals surface area (Å²) in [6, 6.07) is 0. The predicted octanol–water partition coefficient (Wildman–Crippen LogP) is 1.78. The third-order valence-electron chi connectivity index (χ3n) is 2.24. The summed E-state index contributed by atoms with van der Waals surface area (Å²) in [6.45, 7) is 7.75. The molecule has 2 saturated heterocycles. The molecule has 0 bridgehead atoms. The lowest BCUT2D eigenvalue weighted by molar-refractivity contribution is -0.191. The van der Waals surface area contributed by atoms with Gasteiger partial charge in [-0.15, -0.1) is 0 Å². The second-order valence-electron chi connectivity index (χ2n) is 3.53. The van der Waals surface area contributed by atoms with Crippen LogP contribution in [-0.4, -0.2) is 36.7 Å². The minimum atomic E-state index is -0.551. The van der Waals surface area contributed by atoms with Gasteiger partial charge in [0.05, 0.1) is 12.2 Å². The van der Waals surface area contributed by atoms with Crippen molar-refractivity contribution in [1.29, 1.82) is 0 Å². The van der Waals surface area contributed by atoms with Crippen LogP contribution in [0, 0.1) is 0 Å². The van der Waals surface area contributed by atoms with Gasteiger partial charge >= 0.3 is 12.3 Å². The first kappa shape index (κ1) is 18.0. The molecule has 0 aromatic carbocycles. The smallest absolute Gasteiger partial charge is 0.427 e. The Labute approximate surface area is 101 Å². The molecule has 0 N–H and O–H groups in total. The number of carbonyl (C=O) groups is 1. The molecule has 2 aliphatic rings. The highest BCUT2D eigenvalue weighted by molar-refractivity contribution is 5.62. The van der Waals surface area contributed by atoms with E-state index in [1.54, 1.807) is 13.8 Å². The molecule has 0 saturated carbocycles. The van der Waals surface area contributed by atoms with E-state index in [0.29, 0.717) is 12.2 Å². The van der Waals surface area contributed by atoms with Crippen LogP contribution < -0.4 is 0 Å². The maximum Gasteiger partial charge on any atom is 0.509 e. The molecule has 2 fully saturated rings. The maximum absolute atomic E-state index is 10.2. The molecule has 0 amide bonds. The molecule has 0 spiro atoms. The van der Waals surface area contributed by atoms with Crippen LogP contribution in [-0.2, 0) is 23.8 Å². The van der Waals surface area contributed by atoms with Gasteiger partial charge in [0.25, 0.3) is 0 Å². The molecule has 0 aromatic rings. The molecule has 100 valence electrons. The zero-order valence-electron chi connectivity index (χ0n) is 9.76. The van der Waals surface area contributed by atoms with Crippen molar-refractivity contribution in [2.45, 2.75) is 59.5 Å². The first-order chi connectivity index (χ1) is 7.42. The highest BCUT2D eigenvalue weighted by Gasteiger charge is 2.28. The zero-order valence-corrected chi connectivity index (χ0v) is 9.76. The molecule has 0 aromatic heterocycles. The van der Waals surface area contributed by atoms with Crippen LogP contribution in [0.25, 0.3) is 0 Å². The van der Waals surface area contributed by atoms with Gasteiger partial charge in [-0.3, -0.25) is 0 Å². The Morgan fingerprint density at radius 2 is 1.12 bits per heavy atom. The van der Waals surface area contributed by atoms with E-state index in [1.807, 2.05) is 0 Å². The van der Waals surface area contributed by atoms with Gasteiger partial charge in [-0.05, 0) is 27.7 Å². The summed E-state index contributed by atoms with van der Waals surface area (Å²) in [4.78, 5) is 26.5. The molecule has 4 atom stereocenters. The highest BCUT2D eigenvalue weighted by atomic mass is 16.8. The third-order valence-corrected chi connectivity index (χ3v) is 2.24. The highest BCUT2D eigenvalue weighted by Crippen LogP contribution is 2.18. The molecule has 0 radical (unpaired) electrons. The van der Waals surface area contributed by atoms with Crippen molar-refractivity contribution >= 4 is 12.3 Å². The Morgan fingerprint density at radius 3 is 1.18 bits per heavy atom. The topological polar surface area (TPSA) is 82.2 Å². The largest absolute Gasteiger partial charge is 0.509 e. The van der Waals surface area contributed by atoms with Gasteiger partial charge in [0.2, 0.25) is 0 Å². The van der Waals surface area contributed by atoms with Gasteiger partial charge in [0.15, 0.2) is 0 Å². The SMILES string of the molecule is C.CC1OC(=O)OC1C.CC1OC1C.O=C=O. The van der Waals surface area contributed by atoms with E-state index in [-0.39, 0.29) is 25.8 Å². The van der Waals surface area contributed by atoms with Crippen LogP contribution in [0.4, 0.5) is 4.79 Å². The van der Waals surface area contributed by atoms with Gasteiger partial charge in [-0.2, -0.15) is 9.59 Å². The molecule has 2 rings (SSSR count). The number of carbonyl (C=O) groups excluding carboxylic acids is 3. The number of hydrogen-bond donors (Lipinski definition) is 0. The maximum atomic E-state index is 10.2. The van der Waals surface area contributed by atoms with Crippen molar-refractivity contribution in [2.24, 2.45) is 0 Å². The van der Waals surface area contributed by atoms with Crippen molar-refractivity contribution < 1.29 is 28.6 Å². The Morgan fingerprint density at radius 1 is 0.882 bits per heavy atom. The zero-order chi connectivity index (χ0) is 12.7. The number of epoxide rings is 1. The van der Waals surface area contributed by atoms with Crippen LogP contribution in [0.15, 0.2) is 0 Å². The summed E-state index contributed by atoms with van der Waals surface area (Å²) in [6.07, 6.45) is 0.639. The van der Waals surface area contributed by atoms with Gasteiger partial charge < -0.3 is 14.2 Å². The molecule has 6 nitrogen and oxygen atoms in total. The van der Waals surface area contributed by atoms with Gasteiger partial charge in [0.1, 0.15) is 12.2 Å². The van der Waals surface area contributed by atoms with Crippen LogP contribution in [0.3, 0.4) is 0 Å². The summed E-state index contributed by atoms with van der Waals surface area (Å²) in [7, 11) is 0. The average molecular weight is 248 g/mol. The number of rotatable bonds is 0. The van der Waals surface area contributed by atoms with Gasteiger partial charge in [-0.25, -0.2) is 4.79 Å². The lowest BCUT2D eigenvalue weighted by Gasteiger charge is -2.00. The van der Waals surface area contributed by atoms with Crippen molar-refractivity contribution in [3.8, 4) is 0 Å². The molecular weight excluding hydrogens is 228 g/mol. The van der Waals surface area contributed by atoms with E-state index in [4.69, 9.17) is 14.3 Å². The first-order valence-electron chi connectivity index (χ1n) is 4.94. The quantitative estimate of drug-likeness (QED) is 0.480. The second-order valence-corrected chi connectivity index (χ2v) is 3.53. The number of hydrogen-bond acceptors (Lipinski definition) is 6. The van der Waals surface area contributed by atoms with E-state index < -0.39 is 6.16 Å². The van der Waals surface area contributed by atoms with Crippen LogP contribution in [0.1, 0.15) is 35.1 Å². The molecule has 2 heterocycles. The summed E-state index contributed by atoms with van der Waals surface area (Å²) >= 11 is 0. The fraction of sp³-hybridized carbons (Fsp3) is 0.818. The van der Waals surface area contributed by atoms with E-state index in [9.17, 15) is 4.79 Å². The Kier molecular flexibility index (Phi) is 9.23. The fourth-order valence-electron chi connectivity index (χ4n) is 0.816. The lowest BCUT2D eigenvalue weighted by atomic mass is 10.3. The minimum Gasteiger partial charge on any atom is -0.427 e. The summed E-state index contributed by atoms with van der Waals surface area (Å²) < 4.78 is 14.1. The molecular formula is C11H20O6. The van der Waals surface area contributed by atoms with Crippen molar-refractivity contribution in [2.75, 3.05) is 0 Å². The monoisotopic (exact) mass is 248 g/mol. The normalized spacial score (nSPS) is 32.1. The van der Waals surface area contributed by atoms with Gasteiger partial charge in [0, 0.05) is 0 Å². The van der Waals surface area contributed by atoms with E-state index >= 15 is 0 Å². The fourth-order valence-corrected chi connectivity index (χ4v) is 0.816. The number of cyclic esters (lactones) is 2. The Balaban J connectivity index is 0. The molecule has 6 heteroatoms. The average Bonchev–Trinajstić information content (AvgIpc) is 2.71.